The van der Waals surface area contributed by atoms with Crippen molar-refractivity contribution in [3.05, 3.63) is 0 Å². The summed E-state index contributed by atoms with van der Waals surface area (Å²) in [6.45, 7) is -1.41. The van der Waals surface area contributed by atoms with E-state index in [4.69, 9.17) is 25.7 Å². The second-order valence-electron chi connectivity index (χ2n) is 6.89. The average molecular weight is 440 g/mol. The molecule has 0 radical (unpaired) electrons. The minimum Gasteiger partial charge on any atom is -0.394 e. The summed E-state index contributed by atoms with van der Waals surface area (Å²) in [5, 5.41) is 71.4. The summed E-state index contributed by atoms with van der Waals surface area (Å²) in [5.74, 6) is -0.920. The van der Waals surface area contributed by atoms with Gasteiger partial charge in [0.05, 0.1) is 6.61 Å². The van der Waals surface area contributed by atoms with Crippen LogP contribution in [-0.4, -0.2) is 129 Å². The number of hydrogen-bond donors (Lipinski definition) is 10. The predicted molar refractivity (Wildman–Crippen MR) is 95.2 cm³/mol. The van der Waals surface area contributed by atoms with E-state index in [0.717, 1.165) is 0 Å². The number of guanidine groups is 1. The zero-order valence-corrected chi connectivity index (χ0v) is 15.8. The zero-order chi connectivity index (χ0) is 22.6. The van der Waals surface area contributed by atoms with E-state index in [1.54, 1.807) is 0 Å². The maximum atomic E-state index is 11.7. The summed E-state index contributed by atoms with van der Waals surface area (Å²) in [7, 11) is 0. The van der Waals surface area contributed by atoms with Crippen LogP contribution in [0.3, 0.4) is 0 Å². The lowest BCUT2D eigenvalue weighted by Gasteiger charge is -2.44. The van der Waals surface area contributed by atoms with E-state index in [1.165, 1.54) is 0 Å². The number of hydrogen-bond acceptors (Lipinski definition) is 12. The molecule has 15 heteroatoms. The van der Waals surface area contributed by atoms with Crippen molar-refractivity contribution in [1.82, 2.24) is 5.32 Å². The lowest BCUT2D eigenvalue weighted by molar-refractivity contribution is -0.374. The van der Waals surface area contributed by atoms with Gasteiger partial charge in [-0.1, -0.05) is 0 Å². The van der Waals surface area contributed by atoms with Crippen LogP contribution in [0.25, 0.3) is 0 Å². The average Bonchev–Trinajstić information content (AvgIpc) is 2.71. The van der Waals surface area contributed by atoms with Crippen LogP contribution in [-0.2, 0) is 19.0 Å². The van der Waals surface area contributed by atoms with Gasteiger partial charge in [0.25, 0.3) is 0 Å². The SMILES string of the molecule is NC(N)=NCC(=O)NC[C@H]1O[C@H](O[C@@H]2O[C@H](CO)[C@H](O)[C@@H](O)[C@@H]2O)[C@H](O)[C@@H](O)[C@@H]1O. The monoisotopic (exact) mass is 440 g/mol. The summed E-state index contributed by atoms with van der Waals surface area (Å²) in [6.07, 6.45) is -16.1. The molecule has 1 amide bonds. The van der Waals surface area contributed by atoms with Crippen molar-refractivity contribution >= 4 is 11.9 Å². The normalized spacial score (nSPS) is 41.8. The smallest absolute Gasteiger partial charge is 0.241 e. The molecule has 10 atom stereocenters. The molecule has 0 aromatic heterocycles. The highest BCUT2D eigenvalue weighted by molar-refractivity contribution is 5.83. The lowest BCUT2D eigenvalue weighted by atomic mass is 9.98. The molecular formula is C15H28N4O11. The van der Waals surface area contributed by atoms with Gasteiger partial charge in [-0.25, -0.2) is 4.99 Å². The summed E-state index contributed by atoms with van der Waals surface area (Å²) < 4.78 is 15.8. The second-order valence-corrected chi connectivity index (χ2v) is 6.89. The summed E-state index contributed by atoms with van der Waals surface area (Å²) in [4.78, 5) is 15.2. The Bertz CT molecular complexity index is 605. The Balaban J connectivity index is 2.01. The largest absolute Gasteiger partial charge is 0.394 e. The van der Waals surface area contributed by atoms with Crippen LogP contribution in [0.2, 0.25) is 0 Å². The molecule has 0 aromatic carbocycles. The Labute approximate surface area is 170 Å². The number of ether oxygens (including phenoxy) is 3. The molecular weight excluding hydrogens is 412 g/mol. The Kier molecular flexibility index (Phi) is 8.68. The highest BCUT2D eigenvalue weighted by Gasteiger charge is 2.49. The number of carbonyl (C=O) groups is 1. The first-order valence-electron chi connectivity index (χ1n) is 9.04. The zero-order valence-electron chi connectivity index (χ0n) is 15.8. The topological polar surface area (TPSA) is 263 Å². The van der Waals surface area contributed by atoms with Crippen LogP contribution in [0.1, 0.15) is 0 Å². The number of nitrogens with one attached hydrogen (secondary N) is 1. The quantitative estimate of drug-likeness (QED) is 0.130. The molecule has 2 aliphatic heterocycles. The van der Waals surface area contributed by atoms with Gasteiger partial charge in [0.1, 0.15) is 55.4 Å². The van der Waals surface area contributed by atoms with E-state index in [-0.39, 0.29) is 19.0 Å². The van der Waals surface area contributed by atoms with Crippen LogP contribution < -0.4 is 16.8 Å². The molecule has 30 heavy (non-hydrogen) atoms. The van der Waals surface area contributed by atoms with Gasteiger partial charge in [0.2, 0.25) is 5.91 Å². The fourth-order valence-electron chi connectivity index (χ4n) is 2.94. The van der Waals surface area contributed by atoms with Gasteiger partial charge >= 0.3 is 0 Å². The molecule has 0 spiro atoms. The minimum atomic E-state index is -1.79. The third-order valence-electron chi connectivity index (χ3n) is 4.69. The fraction of sp³-hybridized carbons (Fsp3) is 0.867. The van der Waals surface area contributed by atoms with Crippen molar-refractivity contribution in [3.63, 3.8) is 0 Å². The summed E-state index contributed by atoms with van der Waals surface area (Å²) >= 11 is 0. The molecule has 2 aliphatic rings. The third kappa shape index (κ3) is 5.73. The fourth-order valence-corrected chi connectivity index (χ4v) is 2.94. The molecule has 2 rings (SSSR count). The lowest BCUT2D eigenvalue weighted by Crippen LogP contribution is -2.64. The van der Waals surface area contributed by atoms with E-state index >= 15 is 0 Å². The molecule has 0 aromatic rings. The van der Waals surface area contributed by atoms with Crippen LogP contribution in [0.4, 0.5) is 0 Å². The number of nitrogens with zero attached hydrogens (tertiary/aromatic N) is 1. The Morgan fingerprint density at radius 3 is 1.87 bits per heavy atom. The number of rotatable bonds is 7. The first kappa shape index (κ1) is 24.6. The van der Waals surface area contributed by atoms with Crippen molar-refractivity contribution in [1.29, 1.82) is 0 Å². The predicted octanol–water partition coefficient (Wildman–Crippen LogP) is -7.00. The van der Waals surface area contributed by atoms with Crippen LogP contribution in [0.15, 0.2) is 4.99 Å². The Morgan fingerprint density at radius 1 is 0.867 bits per heavy atom. The van der Waals surface area contributed by atoms with Gasteiger partial charge in [-0.2, -0.15) is 0 Å². The summed E-state index contributed by atoms with van der Waals surface area (Å²) in [6, 6.07) is 0. The van der Waals surface area contributed by atoms with Crippen LogP contribution in [0.5, 0.6) is 0 Å². The molecule has 0 bridgehead atoms. The standard InChI is InChI=1S/C15H28N4O11/c16-15(17)19-2-6(21)18-1-4-7(22)9(24)11(26)13(28-4)30-14-12(27)10(25)8(23)5(3-20)29-14/h4-5,7-14,20,22-27H,1-3H2,(H,18,21)(H4,16,17,19)/t4-,5-,7-,8+,9+,10-,11-,12+,13-,14+/m1/s1. The molecule has 0 saturated carbocycles. The third-order valence-corrected chi connectivity index (χ3v) is 4.69. The van der Waals surface area contributed by atoms with Crippen molar-refractivity contribution < 1.29 is 54.8 Å². The molecule has 2 fully saturated rings. The highest BCUT2D eigenvalue weighted by atomic mass is 16.8. The number of amides is 1. The van der Waals surface area contributed by atoms with E-state index in [0.29, 0.717) is 0 Å². The molecule has 12 N–H and O–H groups in total. The number of aliphatic imine (C=N–C) groups is 1. The van der Waals surface area contributed by atoms with Gasteiger partial charge < -0.3 is 66.7 Å². The van der Waals surface area contributed by atoms with E-state index in [9.17, 15) is 40.5 Å². The molecule has 0 aliphatic carbocycles. The minimum absolute atomic E-state index is 0.300. The van der Waals surface area contributed by atoms with Crippen LogP contribution >= 0.6 is 0 Å². The van der Waals surface area contributed by atoms with Gasteiger partial charge in [-0.3, -0.25) is 4.79 Å². The molecule has 2 heterocycles. The van der Waals surface area contributed by atoms with E-state index < -0.39 is 73.9 Å². The van der Waals surface area contributed by atoms with Gasteiger partial charge in [-0.15, -0.1) is 0 Å². The van der Waals surface area contributed by atoms with Gasteiger partial charge in [0, 0.05) is 6.54 Å². The number of aliphatic hydroxyl groups excluding tert-OH is 7. The first-order chi connectivity index (χ1) is 14.1. The maximum absolute atomic E-state index is 11.7. The second kappa shape index (κ2) is 10.6. The van der Waals surface area contributed by atoms with E-state index in [1.807, 2.05) is 0 Å². The highest BCUT2D eigenvalue weighted by Crippen LogP contribution is 2.27. The van der Waals surface area contributed by atoms with Gasteiger partial charge in [-0.05, 0) is 0 Å². The first-order valence-corrected chi connectivity index (χ1v) is 9.04. The van der Waals surface area contributed by atoms with Gasteiger partial charge in [0.15, 0.2) is 18.5 Å². The van der Waals surface area contributed by atoms with E-state index in [2.05, 4.69) is 10.3 Å². The van der Waals surface area contributed by atoms with Crippen molar-refractivity contribution in [2.24, 2.45) is 16.5 Å². The molecule has 174 valence electrons. The summed E-state index contributed by atoms with van der Waals surface area (Å²) in [5.41, 5.74) is 10.2. The number of carbonyl (C=O) groups excluding carboxylic acids is 1. The molecule has 15 nitrogen and oxygen atoms in total. The number of nitrogens with two attached hydrogens (primary N) is 2. The van der Waals surface area contributed by atoms with Crippen molar-refractivity contribution in [2.75, 3.05) is 19.7 Å². The van der Waals surface area contributed by atoms with Crippen molar-refractivity contribution in [3.8, 4) is 0 Å². The molecule has 0 unspecified atom stereocenters. The molecule has 2 saturated heterocycles. The number of aliphatic hydroxyl groups is 7. The Hall–Kier alpha value is -1.66. The Morgan fingerprint density at radius 2 is 1.37 bits per heavy atom. The van der Waals surface area contributed by atoms with Crippen LogP contribution in [0, 0.1) is 0 Å². The maximum Gasteiger partial charge on any atom is 0.241 e. The van der Waals surface area contributed by atoms with Crippen molar-refractivity contribution in [2.45, 2.75) is 61.4 Å².